The van der Waals surface area contributed by atoms with Gasteiger partial charge < -0.3 is 5.11 Å². The van der Waals surface area contributed by atoms with E-state index in [4.69, 9.17) is 0 Å². The number of hydrogen-bond acceptors (Lipinski definition) is 2. The minimum Gasteiger partial charge on any atom is -0.507 e. The first-order chi connectivity index (χ1) is 5.70. The van der Waals surface area contributed by atoms with E-state index in [0.29, 0.717) is 5.56 Å². The van der Waals surface area contributed by atoms with Crippen LogP contribution in [0, 0.1) is 0 Å². The fourth-order valence-electron chi connectivity index (χ4n) is 0.885. The highest BCUT2D eigenvalue weighted by atomic mass is 16.3. The van der Waals surface area contributed by atoms with Gasteiger partial charge in [-0.2, -0.15) is 0 Å². The maximum absolute atomic E-state index is 10.6. The Bertz CT molecular complexity index is 299. The van der Waals surface area contributed by atoms with Gasteiger partial charge in [0.15, 0.2) is 5.78 Å². The maximum Gasteiger partial charge on any atom is 0.156 e. The molecular weight excluding hydrogens is 152 g/mol. The van der Waals surface area contributed by atoms with Gasteiger partial charge in [-0.15, -0.1) is 0 Å². The molecule has 0 unspecified atom stereocenters. The molecule has 0 saturated carbocycles. The molecule has 0 aliphatic rings. The van der Waals surface area contributed by atoms with Crippen LogP contribution in [0.25, 0.3) is 5.76 Å². The molecule has 0 aliphatic heterocycles. The van der Waals surface area contributed by atoms with E-state index in [1.807, 2.05) is 6.07 Å². The Morgan fingerprint density at radius 1 is 1.33 bits per heavy atom. The first kappa shape index (κ1) is 8.53. The van der Waals surface area contributed by atoms with Crippen LogP contribution in [0.2, 0.25) is 0 Å². The van der Waals surface area contributed by atoms with E-state index >= 15 is 0 Å². The third kappa shape index (κ3) is 2.23. The fourth-order valence-corrected chi connectivity index (χ4v) is 0.885. The van der Waals surface area contributed by atoms with Crippen molar-refractivity contribution in [1.82, 2.24) is 0 Å². The van der Waals surface area contributed by atoms with Crippen LogP contribution in [-0.4, -0.2) is 10.9 Å². The number of carbonyl (C=O) groups excluding carboxylic acids is 1. The summed E-state index contributed by atoms with van der Waals surface area (Å²) in [6.45, 7) is 1.40. The molecule has 0 aromatic heterocycles. The van der Waals surface area contributed by atoms with Crippen LogP contribution in [-0.2, 0) is 4.79 Å². The van der Waals surface area contributed by atoms with E-state index < -0.39 is 0 Å². The molecule has 2 nitrogen and oxygen atoms in total. The Morgan fingerprint density at radius 3 is 2.42 bits per heavy atom. The van der Waals surface area contributed by atoms with Crippen molar-refractivity contribution in [2.75, 3.05) is 0 Å². The van der Waals surface area contributed by atoms with Crippen molar-refractivity contribution in [3.63, 3.8) is 0 Å². The third-order valence-corrected chi connectivity index (χ3v) is 1.41. The SMILES string of the molecule is CC(=O)C=C(O)c1ccccc1. The number of aliphatic hydroxyl groups excluding tert-OH is 1. The van der Waals surface area contributed by atoms with Crippen molar-refractivity contribution in [2.24, 2.45) is 0 Å². The van der Waals surface area contributed by atoms with Gasteiger partial charge in [-0.05, 0) is 6.92 Å². The lowest BCUT2D eigenvalue weighted by molar-refractivity contribution is -0.112. The standard InChI is InChI=1S/C10H10O2/c1-8(11)7-10(12)9-5-3-2-4-6-9/h2-7,12H,1H3. The molecule has 62 valence electrons. The predicted molar refractivity (Wildman–Crippen MR) is 47.7 cm³/mol. The smallest absolute Gasteiger partial charge is 0.156 e. The van der Waals surface area contributed by atoms with Crippen LogP contribution < -0.4 is 0 Å². The predicted octanol–water partition coefficient (Wildman–Crippen LogP) is 2.17. The van der Waals surface area contributed by atoms with Gasteiger partial charge in [-0.1, -0.05) is 30.3 Å². The Labute approximate surface area is 71.2 Å². The van der Waals surface area contributed by atoms with Crippen molar-refractivity contribution in [2.45, 2.75) is 6.92 Å². The molecule has 0 aliphatic carbocycles. The zero-order chi connectivity index (χ0) is 8.97. The molecule has 0 bridgehead atoms. The summed E-state index contributed by atoms with van der Waals surface area (Å²) < 4.78 is 0. The second-order valence-electron chi connectivity index (χ2n) is 2.51. The van der Waals surface area contributed by atoms with Crippen LogP contribution in [0.5, 0.6) is 0 Å². The van der Waals surface area contributed by atoms with Crippen LogP contribution >= 0.6 is 0 Å². The van der Waals surface area contributed by atoms with Crippen LogP contribution in [0.1, 0.15) is 12.5 Å². The largest absolute Gasteiger partial charge is 0.507 e. The number of ketones is 1. The van der Waals surface area contributed by atoms with E-state index in [-0.39, 0.29) is 11.5 Å². The summed E-state index contributed by atoms with van der Waals surface area (Å²) in [5, 5.41) is 9.33. The first-order valence-electron chi connectivity index (χ1n) is 3.67. The molecule has 0 atom stereocenters. The van der Waals surface area contributed by atoms with Crippen LogP contribution in [0.15, 0.2) is 36.4 Å². The average molecular weight is 162 g/mol. The summed E-state index contributed by atoms with van der Waals surface area (Å²) in [5.74, 6) is -0.139. The van der Waals surface area contributed by atoms with Crippen molar-refractivity contribution < 1.29 is 9.90 Å². The van der Waals surface area contributed by atoms with Gasteiger partial charge in [-0.25, -0.2) is 0 Å². The Hall–Kier alpha value is -1.57. The third-order valence-electron chi connectivity index (χ3n) is 1.41. The summed E-state index contributed by atoms with van der Waals surface area (Å²) in [6, 6.07) is 8.95. The van der Waals surface area contributed by atoms with E-state index in [1.165, 1.54) is 13.0 Å². The van der Waals surface area contributed by atoms with E-state index in [9.17, 15) is 9.90 Å². The van der Waals surface area contributed by atoms with Gasteiger partial charge in [0.25, 0.3) is 0 Å². The normalized spacial score (nSPS) is 11.2. The second-order valence-corrected chi connectivity index (χ2v) is 2.51. The average Bonchev–Trinajstić information content (AvgIpc) is 2.05. The Balaban J connectivity index is 2.93. The highest BCUT2D eigenvalue weighted by Gasteiger charge is 1.97. The summed E-state index contributed by atoms with van der Waals surface area (Å²) >= 11 is 0. The lowest BCUT2D eigenvalue weighted by Gasteiger charge is -1.96. The van der Waals surface area contributed by atoms with E-state index in [0.717, 1.165) is 0 Å². The highest BCUT2D eigenvalue weighted by Crippen LogP contribution is 2.09. The van der Waals surface area contributed by atoms with E-state index in [2.05, 4.69) is 0 Å². The topological polar surface area (TPSA) is 37.3 Å². The van der Waals surface area contributed by atoms with Gasteiger partial charge in [0.2, 0.25) is 0 Å². The number of carbonyl (C=O) groups is 1. The molecule has 1 aromatic rings. The summed E-state index contributed by atoms with van der Waals surface area (Å²) in [4.78, 5) is 10.6. The van der Waals surface area contributed by atoms with Crippen molar-refractivity contribution in [3.8, 4) is 0 Å². The van der Waals surface area contributed by atoms with Gasteiger partial charge in [-0.3, -0.25) is 4.79 Å². The first-order valence-corrected chi connectivity index (χ1v) is 3.67. The number of rotatable bonds is 2. The molecule has 0 heterocycles. The second kappa shape index (κ2) is 3.72. The van der Waals surface area contributed by atoms with Gasteiger partial charge >= 0.3 is 0 Å². The summed E-state index contributed by atoms with van der Waals surface area (Å²) in [5.41, 5.74) is 0.660. The number of benzene rings is 1. The zero-order valence-electron chi connectivity index (χ0n) is 6.82. The quantitative estimate of drug-likeness (QED) is 0.534. The molecule has 0 saturated heterocycles. The molecule has 1 rings (SSSR count). The maximum atomic E-state index is 10.6. The van der Waals surface area contributed by atoms with Gasteiger partial charge in [0, 0.05) is 11.6 Å². The number of aliphatic hydroxyl groups is 1. The molecule has 1 N–H and O–H groups in total. The zero-order valence-corrected chi connectivity index (χ0v) is 6.82. The lowest BCUT2D eigenvalue weighted by Crippen LogP contribution is -1.87. The molecule has 0 radical (unpaired) electrons. The van der Waals surface area contributed by atoms with Crippen molar-refractivity contribution >= 4 is 11.5 Å². The minimum atomic E-state index is -0.156. The van der Waals surface area contributed by atoms with E-state index in [1.54, 1.807) is 24.3 Å². The van der Waals surface area contributed by atoms with Crippen molar-refractivity contribution in [3.05, 3.63) is 42.0 Å². The molecule has 2 heteroatoms. The summed E-state index contributed by atoms with van der Waals surface area (Å²) in [6.07, 6.45) is 1.20. The molecule has 0 fully saturated rings. The molecule has 0 amide bonds. The van der Waals surface area contributed by atoms with Gasteiger partial charge in [0.1, 0.15) is 5.76 Å². The monoisotopic (exact) mass is 162 g/mol. The number of hydrogen-bond donors (Lipinski definition) is 1. The van der Waals surface area contributed by atoms with Crippen LogP contribution in [0.3, 0.4) is 0 Å². The molecular formula is C10H10O2. The van der Waals surface area contributed by atoms with Gasteiger partial charge in [0.05, 0.1) is 0 Å². The Kier molecular flexibility index (Phi) is 2.64. The fraction of sp³-hybridized carbons (Fsp3) is 0.100. The van der Waals surface area contributed by atoms with Crippen molar-refractivity contribution in [1.29, 1.82) is 0 Å². The molecule has 12 heavy (non-hydrogen) atoms. The highest BCUT2D eigenvalue weighted by molar-refractivity contribution is 5.93. The molecule has 0 spiro atoms. The van der Waals surface area contributed by atoms with Crippen LogP contribution in [0.4, 0.5) is 0 Å². The minimum absolute atomic E-state index is 0.0168. The number of allylic oxidation sites excluding steroid dienone is 1. The summed E-state index contributed by atoms with van der Waals surface area (Å²) in [7, 11) is 0. The lowest BCUT2D eigenvalue weighted by atomic mass is 10.1. The molecule has 1 aromatic carbocycles. The Morgan fingerprint density at radius 2 is 1.92 bits per heavy atom.